The van der Waals surface area contributed by atoms with Gasteiger partial charge in [-0.25, -0.2) is 8.78 Å². The van der Waals surface area contributed by atoms with E-state index >= 15 is 0 Å². The highest BCUT2D eigenvalue weighted by atomic mass is 19.2. The fourth-order valence-electron chi connectivity index (χ4n) is 2.61. The third kappa shape index (κ3) is 5.66. The Bertz CT molecular complexity index is 693. The van der Waals surface area contributed by atoms with Crippen molar-refractivity contribution in [2.45, 2.75) is 32.6 Å². The average molecular weight is 348 g/mol. The Kier molecular flexibility index (Phi) is 7.58. The largest absolute Gasteiger partial charge is 0.491 e. The zero-order valence-corrected chi connectivity index (χ0v) is 14.4. The van der Waals surface area contributed by atoms with E-state index < -0.39 is 18.3 Å². The number of allylic oxidation sites excluding steroid dienone is 2. The minimum absolute atomic E-state index is 0.0464. The van der Waals surface area contributed by atoms with Crippen molar-refractivity contribution in [2.24, 2.45) is 0 Å². The van der Waals surface area contributed by atoms with E-state index in [1.807, 2.05) is 30.3 Å². The number of ether oxygens (including phenoxy) is 1. The summed E-state index contributed by atoms with van der Waals surface area (Å²) in [5, 5.41) is 0. The summed E-state index contributed by atoms with van der Waals surface area (Å²) >= 11 is 0. The standard InChI is InChI=1S/C21H23F3O/c1-2-25-19-14-13-18(20(23)21(19)24)12-11-17-9-7-16(8-10-17)6-4-3-5-15-22/h3,5,7-10,13-14H,2,4,6,11-12,15H2,1H3. The Morgan fingerprint density at radius 3 is 2.16 bits per heavy atom. The lowest BCUT2D eigenvalue weighted by molar-refractivity contribution is 0.313. The predicted molar refractivity (Wildman–Crippen MR) is 94.8 cm³/mol. The highest BCUT2D eigenvalue weighted by molar-refractivity contribution is 5.32. The summed E-state index contributed by atoms with van der Waals surface area (Å²) in [4.78, 5) is 0. The molecule has 0 aliphatic carbocycles. The normalized spacial score (nSPS) is 11.2. The van der Waals surface area contributed by atoms with Gasteiger partial charge in [-0.2, -0.15) is 4.39 Å². The van der Waals surface area contributed by atoms with Crippen molar-refractivity contribution < 1.29 is 17.9 Å². The molecular weight excluding hydrogens is 325 g/mol. The molecule has 0 atom stereocenters. The summed E-state index contributed by atoms with van der Waals surface area (Å²) in [6.45, 7) is 1.60. The van der Waals surface area contributed by atoms with Gasteiger partial charge in [0.1, 0.15) is 6.67 Å². The van der Waals surface area contributed by atoms with Crippen molar-refractivity contribution in [1.82, 2.24) is 0 Å². The molecular formula is C21H23F3O. The maximum atomic E-state index is 14.1. The number of rotatable bonds is 9. The van der Waals surface area contributed by atoms with E-state index in [1.165, 1.54) is 17.7 Å². The van der Waals surface area contributed by atoms with Crippen LogP contribution in [0.25, 0.3) is 0 Å². The second kappa shape index (κ2) is 9.92. The van der Waals surface area contributed by atoms with Gasteiger partial charge in [0, 0.05) is 0 Å². The Morgan fingerprint density at radius 2 is 1.52 bits per heavy atom. The molecule has 0 unspecified atom stereocenters. The van der Waals surface area contributed by atoms with Gasteiger partial charge in [-0.05, 0) is 55.4 Å². The first-order valence-electron chi connectivity index (χ1n) is 8.54. The average Bonchev–Trinajstić information content (AvgIpc) is 2.63. The summed E-state index contributed by atoms with van der Waals surface area (Å²) in [6.07, 6.45) is 6.06. The lowest BCUT2D eigenvalue weighted by Crippen LogP contribution is -2.02. The van der Waals surface area contributed by atoms with Gasteiger partial charge in [0.15, 0.2) is 11.6 Å². The minimum Gasteiger partial charge on any atom is -0.491 e. The number of hydrogen-bond acceptors (Lipinski definition) is 1. The van der Waals surface area contributed by atoms with Crippen LogP contribution in [-0.4, -0.2) is 13.3 Å². The van der Waals surface area contributed by atoms with Gasteiger partial charge in [-0.15, -0.1) is 0 Å². The van der Waals surface area contributed by atoms with Gasteiger partial charge in [-0.1, -0.05) is 42.5 Å². The van der Waals surface area contributed by atoms with E-state index in [0.717, 1.165) is 18.4 Å². The Hall–Kier alpha value is -2.23. The van der Waals surface area contributed by atoms with Crippen LogP contribution in [0.1, 0.15) is 30.0 Å². The van der Waals surface area contributed by atoms with E-state index in [4.69, 9.17) is 4.74 Å². The number of halogens is 3. The fourth-order valence-corrected chi connectivity index (χ4v) is 2.61. The Labute approximate surface area is 147 Å². The van der Waals surface area contributed by atoms with Gasteiger partial charge in [0.2, 0.25) is 5.82 Å². The molecule has 0 bridgehead atoms. The number of benzene rings is 2. The van der Waals surface area contributed by atoms with Crippen molar-refractivity contribution in [3.05, 3.63) is 76.9 Å². The van der Waals surface area contributed by atoms with E-state index in [-0.39, 0.29) is 5.75 Å². The molecule has 2 aromatic rings. The Balaban J connectivity index is 1.93. The number of aryl methyl sites for hydroxylation is 3. The highest BCUT2D eigenvalue weighted by Gasteiger charge is 2.14. The van der Waals surface area contributed by atoms with Gasteiger partial charge in [0.05, 0.1) is 6.61 Å². The first kappa shape index (κ1) is 19.1. The molecule has 0 aromatic heterocycles. The van der Waals surface area contributed by atoms with E-state index in [9.17, 15) is 13.2 Å². The molecule has 0 fully saturated rings. The lowest BCUT2D eigenvalue weighted by atomic mass is 10.0. The fraction of sp³-hybridized carbons (Fsp3) is 0.333. The third-order valence-corrected chi connectivity index (χ3v) is 3.99. The smallest absolute Gasteiger partial charge is 0.200 e. The summed E-state index contributed by atoms with van der Waals surface area (Å²) < 4.78 is 45.0. The first-order valence-corrected chi connectivity index (χ1v) is 8.54. The predicted octanol–water partition coefficient (Wildman–Crippen LogP) is 5.61. The molecule has 0 heterocycles. The molecule has 0 aliphatic rings. The molecule has 2 aromatic carbocycles. The SMILES string of the molecule is CCOc1ccc(CCc2ccc(CCC=CCF)cc2)c(F)c1F. The second-order valence-electron chi connectivity index (χ2n) is 5.76. The topological polar surface area (TPSA) is 9.23 Å². The second-order valence-corrected chi connectivity index (χ2v) is 5.76. The summed E-state index contributed by atoms with van der Waals surface area (Å²) in [7, 11) is 0. The van der Waals surface area contributed by atoms with Gasteiger partial charge in [0.25, 0.3) is 0 Å². The molecule has 25 heavy (non-hydrogen) atoms. The Morgan fingerprint density at radius 1 is 0.840 bits per heavy atom. The van der Waals surface area contributed by atoms with Gasteiger partial charge >= 0.3 is 0 Å². The highest BCUT2D eigenvalue weighted by Crippen LogP contribution is 2.24. The quantitative estimate of drug-likeness (QED) is 0.536. The molecule has 0 aliphatic heterocycles. The van der Waals surface area contributed by atoms with Crippen LogP contribution in [0.2, 0.25) is 0 Å². The summed E-state index contributed by atoms with van der Waals surface area (Å²) in [6, 6.07) is 11.1. The molecule has 2 rings (SSSR count). The van der Waals surface area contributed by atoms with Crippen molar-refractivity contribution in [3.8, 4) is 5.75 Å². The summed E-state index contributed by atoms with van der Waals surface area (Å²) in [5.41, 5.74) is 2.59. The van der Waals surface area contributed by atoms with Crippen LogP contribution in [-0.2, 0) is 19.3 Å². The van der Waals surface area contributed by atoms with E-state index in [0.29, 0.717) is 25.0 Å². The van der Waals surface area contributed by atoms with Crippen LogP contribution in [0.5, 0.6) is 5.75 Å². The van der Waals surface area contributed by atoms with Crippen LogP contribution in [0.3, 0.4) is 0 Å². The molecule has 0 saturated heterocycles. The zero-order chi connectivity index (χ0) is 18.1. The number of alkyl halides is 1. The van der Waals surface area contributed by atoms with E-state index in [2.05, 4.69) is 0 Å². The molecule has 1 nitrogen and oxygen atoms in total. The maximum absolute atomic E-state index is 14.1. The molecule has 0 saturated carbocycles. The van der Waals surface area contributed by atoms with Crippen molar-refractivity contribution in [2.75, 3.05) is 13.3 Å². The van der Waals surface area contributed by atoms with Gasteiger partial charge < -0.3 is 4.74 Å². The van der Waals surface area contributed by atoms with Crippen LogP contribution in [0.15, 0.2) is 48.6 Å². The molecule has 0 amide bonds. The zero-order valence-electron chi connectivity index (χ0n) is 14.4. The van der Waals surface area contributed by atoms with Crippen LogP contribution >= 0.6 is 0 Å². The van der Waals surface area contributed by atoms with Crippen molar-refractivity contribution in [1.29, 1.82) is 0 Å². The maximum Gasteiger partial charge on any atom is 0.200 e. The molecule has 0 N–H and O–H groups in total. The molecule has 0 radical (unpaired) electrons. The van der Waals surface area contributed by atoms with Crippen molar-refractivity contribution in [3.63, 3.8) is 0 Å². The number of hydrogen-bond donors (Lipinski definition) is 0. The van der Waals surface area contributed by atoms with Crippen LogP contribution < -0.4 is 4.74 Å². The molecule has 134 valence electrons. The lowest BCUT2D eigenvalue weighted by Gasteiger charge is -2.09. The molecule has 0 spiro atoms. The monoisotopic (exact) mass is 348 g/mol. The van der Waals surface area contributed by atoms with Crippen LogP contribution in [0, 0.1) is 11.6 Å². The van der Waals surface area contributed by atoms with E-state index in [1.54, 1.807) is 13.0 Å². The summed E-state index contributed by atoms with van der Waals surface area (Å²) in [5.74, 6) is -1.80. The van der Waals surface area contributed by atoms with Crippen molar-refractivity contribution >= 4 is 0 Å². The van der Waals surface area contributed by atoms with Crippen LogP contribution in [0.4, 0.5) is 13.2 Å². The van der Waals surface area contributed by atoms with Gasteiger partial charge in [-0.3, -0.25) is 0 Å². The molecule has 4 heteroatoms. The third-order valence-electron chi connectivity index (χ3n) is 3.99. The minimum atomic E-state index is -0.920. The first-order chi connectivity index (χ1) is 12.2.